The van der Waals surface area contributed by atoms with Crippen LogP contribution in [0.2, 0.25) is 0 Å². The number of rotatable bonds is 6. The van der Waals surface area contributed by atoms with Crippen molar-refractivity contribution < 1.29 is 8.42 Å². The van der Waals surface area contributed by atoms with Gasteiger partial charge in [0.25, 0.3) is 0 Å². The van der Waals surface area contributed by atoms with Gasteiger partial charge in [-0.1, -0.05) is 18.6 Å². The predicted molar refractivity (Wildman–Crippen MR) is 127 cm³/mol. The third-order valence-electron chi connectivity index (χ3n) is 6.85. The second-order valence-corrected chi connectivity index (χ2v) is 11.2. The molecule has 0 bridgehead atoms. The number of hydrogen-bond acceptors (Lipinski definition) is 5. The number of aryl methyl sites for hydroxylation is 1. The van der Waals surface area contributed by atoms with E-state index in [-0.39, 0.29) is 5.54 Å². The number of benzene rings is 1. The zero-order valence-electron chi connectivity index (χ0n) is 19.6. The molecule has 0 spiro atoms. The summed E-state index contributed by atoms with van der Waals surface area (Å²) in [6, 6.07) is 5.50. The van der Waals surface area contributed by atoms with Gasteiger partial charge >= 0.3 is 0 Å². The highest BCUT2D eigenvalue weighted by atomic mass is 32.2. The molecule has 2 saturated heterocycles. The smallest absolute Gasteiger partial charge is 0.191 e. The third-order valence-corrected chi connectivity index (χ3v) is 8.11. The molecule has 0 radical (unpaired) electrons. The SMILES string of the molecule is CN=C(NCc1ccc(S(C)(=O)=O)c(C)c1)NCC1(N2CCCCC2)CCN(C)CC1. The molecule has 1 aromatic rings. The maximum absolute atomic E-state index is 11.8. The van der Waals surface area contributed by atoms with Crippen molar-refractivity contribution in [2.45, 2.75) is 56.0 Å². The van der Waals surface area contributed by atoms with Crippen LogP contribution < -0.4 is 10.6 Å². The largest absolute Gasteiger partial charge is 0.355 e. The van der Waals surface area contributed by atoms with Crippen LogP contribution in [0.25, 0.3) is 0 Å². The number of sulfone groups is 1. The molecule has 0 aromatic heterocycles. The molecule has 8 heteroatoms. The van der Waals surface area contributed by atoms with Crippen LogP contribution in [0.5, 0.6) is 0 Å². The highest BCUT2D eigenvalue weighted by molar-refractivity contribution is 7.90. The molecule has 2 aliphatic rings. The van der Waals surface area contributed by atoms with E-state index in [0.29, 0.717) is 11.4 Å². The summed E-state index contributed by atoms with van der Waals surface area (Å²) in [6.07, 6.45) is 7.56. The number of nitrogens with one attached hydrogen (secondary N) is 2. The molecular weight excluding hydrogens is 410 g/mol. The molecule has 174 valence electrons. The summed E-state index contributed by atoms with van der Waals surface area (Å²) in [4.78, 5) is 9.97. The fourth-order valence-electron chi connectivity index (χ4n) is 4.90. The lowest BCUT2D eigenvalue weighted by Crippen LogP contribution is -2.62. The average molecular weight is 450 g/mol. The molecule has 1 aromatic carbocycles. The summed E-state index contributed by atoms with van der Waals surface area (Å²) in [6.45, 7) is 8.01. The Morgan fingerprint density at radius 2 is 1.77 bits per heavy atom. The molecule has 0 aliphatic carbocycles. The number of piperidine rings is 2. The fourth-order valence-corrected chi connectivity index (χ4v) is 5.86. The molecule has 0 atom stereocenters. The highest BCUT2D eigenvalue weighted by Gasteiger charge is 2.39. The molecule has 3 rings (SSSR count). The van der Waals surface area contributed by atoms with Crippen molar-refractivity contribution >= 4 is 15.8 Å². The van der Waals surface area contributed by atoms with Gasteiger partial charge in [0.1, 0.15) is 0 Å². The van der Waals surface area contributed by atoms with E-state index in [2.05, 4.69) is 32.5 Å². The van der Waals surface area contributed by atoms with Gasteiger partial charge in [-0.2, -0.15) is 0 Å². The van der Waals surface area contributed by atoms with Crippen LogP contribution in [0.4, 0.5) is 0 Å². The minimum Gasteiger partial charge on any atom is -0.355 e. The minimum absolute atomic E-state index is 0.193. The number of guanidine groups is 1. The Morgan fingerprint density at radius 1 is 1.10 bits per heavy atom. The predicted octanol–water partition coefficient (Wildman–Crippen LogP) is 2.01. The Kier molecular flexibility index (Phi) is 7.99. The Balaban J connectivity index is 1.61. The third kappa shape index (κ3) is 6.20. The first-order chi connectivity index (χ1) is 14.7. The van der Waals surface area contributed by atoms with Gasteiger partial charge in [0, 0.05) is 31.9 Å². The molecule has 0 saturated carbocycles. The average Bonchev–Trinajstić information content (AvgIpc) is 2.75. The molecule has 31 heavy (non-hydrogen) atoms. The number of nitrogens with zero attached hydrogens (tertiary/aromatic N) is 3. The van der Waals surface area contributed by atoms with Crippen molar-refractivity contribution in [1.29, 1.82) is 0 Å². The van der Waals surface area contributed by atoms with E-state index in [0.717, 1.165) is 36.7 Å². The fraction of sp³-hybridized carbons (Fsp3) is 0.696. The van der Waals surface area contributed by atoms with E-state index >= 15 is 0 Å². The first-order valence-corrected chi connectivity index (χ1v) is 13.3. The Hall–Kier alpha value is -1.64. The van der Waals surface area contributed by atoms with Crippen molar-refractivity contribution in [1.82, 2.24) is 20.4 Å². The van der Waals surface area contributed by atoms with Crippen molar-refractivity contribution in [2.24, 2.45) is 4.99 Å². The Labute approximate surface area is 188 Å². The summed E-state index contributed by atoms with van der Waals surface area (Å²) in [5.41, 5.74) is 2.01. The van der Waals surface area contributed by atoms with E-state index in [1.54, 1.807) is 13.1 Å². The maximum Gasteiger partial charge on any atom is 0.191 e. The first-order valence-electron chi connectivity index (χ1n) is 11.4. The topological polar surface area (TPSA) is 77.0 Å². The lowest BCUT2D eigenvalue weighted by molar-refractivity contribution is 0.0173. The van der Waals surface area contributed by atoms with E-state index in [4.69, 9.17) is 0 Å². The van der Waals surface area contributed by atoms with Gasteiger partial charge < -0.3 is 15.5 Å². The van der Waals surface area contributed by atoms with Crippen molar-refractivity contribution in [2.75, 3.05) is 53.1 Å². The lowest BCUT2D eigenvalue weighted by Gasteiger charge is -2.50. The normalized spacial score (nSPS) is 21.1. The summed E-state index contributed by atoms with van der Waals surface area (Å²) >= 11 is 0. The van der Waals surface area contributed by atoms with Crippen LogP contribution in [0, 0.1) is 6.92 Å². The van der Waals surface area contributed by atoms with E-state index in [1.807, 2.05) is 19.1 Å². The van der Waals surface area contributed by atoms with Crippen LogP contribution in [0.1, 0.15) is 43.2 Å². The summed E-state index contributed by atoms with van der Waals surface area (Å²) in [5.74, 6) is 0.792. The molecule has 2 N–H and O–H groups in total. The van der Waals surface area contributed by atoms with Crippen molar-refractivity contribution in [3.8, 4) is 0 Å². The molecule has 0 unspecified atom stereocenters. The standard InChI is InChI=1S/C23H39N5O2S/c1-19-16-20(8-9-21(19)31(4,29)30)17-25-22(24-2)26-18-23(10-14-27(3)15-11-23)28-12-6-5-7-13-28/h8-9,16H,5-7,10-15,17-18H2,1-4H3,(H2,24,25,26). The van der Waals surface area contributed by atoms with E-state index in [1.165, 1.54) is 51.4 Å². The number of likely N-dealkylation sites (tertiary alicyclic amines) is 2. The van der Waals surface area contributed by atoms with Gasteiger partial charge in [0.15, 0.2) is 15.8 Å². The van der Waals surface area contributed by atoms with Crippen LogP contribution in [0.3, 0.4) is 0 Å². The van der Waals surface area contributed by atoms with Gasteiger partial charge in [-0.3, -0.25) is 9.89 Å². The summed E-state index contributed by atoms with van der Waals surface area (Å²) < 4.78 is 23.7. The monoisotopic (exact) mass is 449 g/mol. The Bertz CT molecular complexity index is 870. The van der Waals surface area contributed by atoms with Gasteiger partial charge in [0.2, 0.25) is 0 Å². The molecule has 2 aliphatic heterocycles. The molecule has 2 fully saturated rings. The number of hydrogen-bond donors (Lipinski definition) is 2. The van der Waals surface area contributed by atoms with Crippen molar-refractivity contribution in [3.63, 3.8) is 0 Å². The zero-order valence-corrected chi connectivity index (χ0v) is 20.4. The van der Waals surface area contributed by atoms with Gasteiger partial charge in [-0.05, 0) is 83.0 Å². The van der Waals surface area contributed by atoms with Crippen LogP contribution in [-0.4, -0.2) is 82.8 Å². The second-order valence-electron chi connectivity index (χ2n) is 9.23. The Morgan fingerprint density at radius 3 is 2.35 bits per heavy atom. The quantitative estimate of drug-likeness (QED) is 0.511. The molecule has 0 amide bonds. The maximum atomic E-state index is 11.8. The van der Waals surface area contributed by atoms with Gasteiger partial charge in [-0.15, -0.1) is 0 Å². The molecule has 2 heterocycles. The summed E-state index contributed by atoms with van der Waals surface area (Å²) in [5, 5.41) is 7.00. The van der Waals surface area contributed by atoms with E-state index < -0.39 is 9.84 Å². The van der Waals surface area contributed by atoms with Crippen LogP contribution in [-0.2, 0) is 16.4 Å². The first kappa shape index (κ1) is 24.0. The van der Waals surface area contributed by atoms with E-state index in [9.17, 15) is 8.42 Å². The number of aliphatic imine (C=N–C) groups is 1. The molecular formula is C23H39N5O2S. The van der Waals surface area contributed by atoms with Gasteiger partial charge in [-0.25, -0.2) is 8.42 Å². The summed E-state index contributed by atoms with van der Waals surface area (Å²) in [7, 11) is 0.821. The van der Waals surface area contributed by atoms with Crippen LogP contribution >= 0.6 is 0 Å². The lowest BCUT2D eigenvalue weighted by atomic mass is 9.84. The minimum atomic E-state index is -3.19. The van der Waals surface area contributed by atoms with Gasteiger partial charge in [0.05, 0.1) is 4.90 Å². The second kappa shape index (κ2) is 10.3. The van der Waals surface area contributed by atoms with Crippen molar-refractivity contribution in [3.05, 3.63) is 29.3 Å². The highest BCUT2D eigenvalue weighted by Crippen LogP contribution is 2.30. The zero-order chi connectivity index (χ0) is 22.5. The van der Waals surface area contributed by atoms with Crippen LogP contribution in [0.15, 0.2) is 28.1 Å². The molecule has 7 nitrogen and oxygen atoms in total.